The normalized spacial score (nSPS) is 10.4. The third kappa shape index (κ3) is 4.51. The van der Waals surface area contributed by atoms with Crippen LogP contribution in [0, 0.1) is 0 Å². The Hall–Kier alpha value is -3.18. The topological polar surface area (TPSA) is 66.8 Å². The smallest absolute Gasteiger partial charge is 0.336 e. The number of hydrogen-bond donors (Lipinski definition) is 1. The Morgan fingerprint density at radius 3 is 2.41 bits per heavy atom. The molecule has 0 spiro atoms. The van der Waals surface area contributed by atoms with Crippen LogP contribution in [0.15, 0.2) is 42.1 Å². The third-order valence-electron chi connectivity index (χ3n) is 4.11. The van der Waals surface area contributed by atoms with Crippen molar-refractivity contribution in [1.82, 2.24) is 4.90 Å². The van der Waals surface area contributed by atoms with Crippen molar-refractivity contribution in [2.45, 2.75) is 12.8 Å². The molecule has 0 bridgehead atoms. The number of carbonyl (C=O) groups is 1. The molecule has 0 aliphatic carbocycles. The number of carboxylic acid groups (broad SMARTS) is 1. The van der Waals surface area contributed by atoms with Crippen LogP contribution in [0.3, 0.4) is 0 Å². The van der Waals surface area contributed by atoms with Gasteiger partial charge in [-0.2, -0.15) is 0 Å². The Morgan fingerprint density at radius 1 is 1.19 bits per heavy atom. The standard InChI is InChI=1S/C20H19F2NO4/c1-23(2)14(11-24)8-12-4-6-15(20(25)26)16(9-12)17-10-13(19(21)22)5-7-18(17)27-3/h4-7,9-10,19H,8H2,1-3H3,(H,25,26). The van der Waals surface area contributed by atoms with E-state index in [-0.39, 0.29) is 34.4 Å². The fourth-order valence-corrected chi connectivity index (χ4v) is 2.66. The van der Waals surface area contributed by atoms with Gasteiger partial charge in [0.2, 0.25) is 0 Å². The van der Waals surface area contributed by atoms with Crippen molar-refractivity contribution in [3.63, 3.8) is 0 Å². The Labute approximate surface area is 155 Å². The number of halogens is 2. The average molecular weight is 375 g/mol. The van der Waals surface area contributed by atoms with Gasteiger partial charge in [-0.15, -0.1) is 0 Å². The van der Waals surface area contributed by atoms with Crippen LogP contribution in [0.2, 0.25) is 0 Å². The largest absolute Gasteiger partial charge is 0.496 e. The lowest BCUT2D eigenvalue weighted by Crippen LogP contribution is -2.14. The van der Waals surface area contributed by atoms with Crippen molar-refractivity contribution in [2.24, 2.45) is 0 Å². The summed E-state index contributed by atoms with van der Waals surface area (Å²) >= 11 is 0. The van der Waals surface area contributed by atoms with Crippen LogP contribution in [0.25, 0.3) is 11.1 Å². The van der Waals surface area contributed by atoms with Crippen LogP contribution in [0.4, 0.5) is 8.78 Å². The zero-order chi connectivity index (χ0) is 20.1. The molecule has 2 rings (SSSR count). The van der Waals surface area contributed by atoms with Gasteiger partial charge in [0.05, 0.1) is 12.7 Å². The molecule has 0 aliphatic heterocycles. The van der Waals surface area contributed by atoms with Gasteiger partial charge in [0.25, 0.3) is 6.43 Å². The second kappa shape index (κ2) is 8.47. The summed E-state index contributed by atoms with van der Waals surface area (Å²) in [5.74, 6) is 0.927. The van der Waals surface area contributed by atoms with Crippen LogP contribution in [0.1, 0.15) is 27.9 Å². The monoisotopic (exact) mass is 375 g/mol. The van der Waals surface area contributed by atoms with Crippen LogP contribution < -0.4 is 4.74 Å². The molecule has 7 heteroatoms. The maximum atomic E-state index is 13.1. The first-order valence-electron chi connectivity index (χ1n) is 8.02. The van der Waals surface area contributed by atoms with E-state index in [0.717, 1.165) is 0 Å². The number of alkyl halides is 2. The maximum absolute atomic E-state index is 13.1. The minimum absolute atomic E-state index is 0.0510. The predicted octanol–water partition coefficient (Wildman–Crippen LogP) is 3.82. The van der Waals surface area contributed by atoms with Gasteiger partial charge in [-0.25, -0.2) is 18.4 Å². The Morgan fingerprint density at radius 2 is 1.89 bits per heavy atom. The molecule has 142 valence electrons. The number of carbonyl (C=O) groups excluding carboxylic acids is 1. The zero-order valence-electron chi connectivity index (χ0n) is 15.1. The number of hydrogen-bond acceptors (Lipinski definition) is 4. The molecule has 2 aromatic carbocycles. The lowest BCUT2D eigenvalue weighted by atomic mass is 9.94. The molecule has 2 aromatic rings. The summed E-state index contributed by atoms with van der Waals surface area (Å²) in [6.07, 6.45) is -2.48. The Kier molecular flexibility index (Phi) is 6.32. The first-order valence-corrected chi connectivity index (χ1v) is 8.02. The number of benzene rings is 2. The molecule has 27 heavy (non-hydrogen) atoms. The molecule has 0 fully saturated rings. The summed E-state index contributed by atoms with van der Waals surface area (Å²) in [6, 6.07) is 8.37. The number of allylic oxidation sites excluding steroid dienone is 1. The molecule has 5 nitrogen and oxygen atoms in total. The van der Waals surface area contributed by atoms with Gasteiger partial charge in [0, 0.05) is 37.2 Å². The van der Waals surface area contributed by atoms with Gasteiger partial charge in [0.15, 0.2) is 0 Å². The SMILES string of the molecule is COc1ccc(C(F)F)cc1-c1cc(CC(=C=O)N(C)C)ccc1C(=O)O. The number of rotatable bonds is 7. The molecule has 0 heterocycles. The van der Waals surface area contributed by atoms with Crippen molar-refractivity contribution in [3.05, 3.63) is 58.8 Å². The molecule has 0 aromatic heterocycles. The minimum Gasteiger partial charge on any atom is -0.496 e. The summed E-state index contributed by atoms with van der Waals surface area (Å²) in [5.41, 5.74) is 1.21. The van der Waals surface area contributed by atoms with Crippen LogP contribution in [0.5, 0.6) is 5.75 Å². The number of carboxylic acids is 1. The van der Waals surface area contributed by atoms with Crippen LogP contribution >= 0.6 is 0 Å². The lowest BCUT2D eigenvalue weighted by molar-refractivity contribution is 0.0697. The summed E-state index contributed by atoms with van der Waals surface area (Å²) in [7, 11) is 4.77. The van der Waals surface area contributed by atoms with Crippen molar-refractivity contribution < 1.29 is 28.2 Å². The number of likely N-dealkylation sites (N-methyl/N-ethyl adjacent to an activating group) is 1. The van der Waals surface area contributed by atoms with Crippen LogP contribution in [-0.4, -0.2) is 43.1 Å². The van der Waals surface area contributed by atoms with E-state index in [2.05, 4.69) is 0 Å². The maximum Gasteiger partial charge on any atom is 0.336 e. The van der Waals surface area contributed by atoms with Crippen molar-refractivity contribution in [1.29, 1.82) is 0 Å². The third-order valence-corrected chi connectivity index (χ3v) is 4.11. The van der Waals surface area contributed by atoms with Gasteiger partial charge >= 0.3 is 5.97 Å². The molecule has 0 atom stereocenters. The Balaban J connectivity index is 2.67. The van der Waals surface area contributed by atoms with E-state index in [0.29, 0.717) is 11.3 Å². The Bertz CT molecular complexity index is 903. The first kappa shape index (κ1) is 20.1. The highest BCUT2D eigenvalue weighted by atomic mass is 19.3. The van der Waals surface area contributed by atoms with E-state index in [1.807, 2.05) is 5.94 Å². The second-order valence-corrected chi connectivity index (χ2v) is 6.07. The summed E-state index contributed by atoms with van der Waals surface area (Å²) in [5, 5.41) is 9.51. The fourth-order valence-electron chi connectivity index (χ4n) is 2.66. The highest BCUT2D eigenvalue weighted by molar-refractivity contribution is 5.97. The summed E-state index contributed by atoms with van der Waals surface area (Å²) in [6.45, 7) is 0. The molecule has 0 amide bonds. The first-order chi connectivity index (χ1) is 12.8. The van der Waals surface area contributed by atoms with Crippen molar-refractivity contribution in [3.8, 4) is 16.9 Å². The highest BCUT2D eigenvalue weighted by Crippen LogP contribution is 2.36. The molecule has 0 saturated heterocycles. The lowest BCUT2D eigenvalue weighted by Gasteiger charge is -2.16. The van der Waals surface area contributed by atoms with Gasteiger partial charge in [0.1, 0.15) is 17.4 Å². The second-order valence-electron chi connectivity index (χ2n) is 6.07. The van der Waals surface area contributed by atoms with Crippen molar-refractivity contribution in [2.75, 3.05) is 21.2 Å². The van der Waals surface area contributed by atoms with E-state index in [9.17, 15) is 23.5 Å². The van der Waals surface area contributed by atoms with E-state index < -0.39 is 12.4 Å². The zero-order valence-corrected chi connectivity index (χ0v) is 15.1. The number of ether oxygens (including phenoxy) is 1. The number of aromatic carboxylic acids is 1. The van der Waals surface area contributed by atoms with Gasteiger partial charge in [-0.05, 0) is 35.9 Å². The van der Waals surface area contributed by atoms with Gasteiger partial charge in [-0.1, -0.05) is 6.07 Å². The van der Waals surface area contributed by atoms with Crippen molar-refractivity contribution >= 4 is 11.9 Å². The molecular weight excluding hydrogens is 356 g/mol. The van der Waals surface area contributed by atoms with Crippen LogP contribution in [-0.2, 0) is 11.2 Å². The fraction of sp³-hybridized carbons (Fsp3) is 0.250. The van der Waals surface area contributed by atoms with E-state index in [1.54, 1.807) is 31.1 Å². The number of nitrogens with zero attached hydrogens (tertiary/aromatic N) is 1. The molecule has 1 N–H and O–H groups in total. The highest BCUT2D eigenvalue weighted by Gasteiger charge is 2.19. The van der Waals surface area contributed by atoms with E-state index >= 15 is 0 Å². The van der Waals surface area contributed by atoms with E-state index in [4.69, 9.17) is 4.74 Å². The average Bonchev–Trinajstić information content (AvgIpc) is 2.64. The summed E-state index contributed by atoms with van der Waals surface area (Å²) < 4.78 is 31.5. The molecule has 0 saturated carbocycles. The quantitative estimate of drug-likeness (QED) is 0.746. The van der Waals surface area contributed by atoms with Gasteiger partial charge in [-0.3, -0.25) is 0 Å². The molecule has 0 aliphatic rings. The van der Waals surface area contributed by atoms with E-state index in [1.165, 1.54) is 31.4 Å². The minimum atomic E-state index is -2.70. The summed E-state index contributed by atoms with van der Waals surface area (Å²) in [4.78, 5) is 24.4. The van der Waals surface area contributed by atoms with Gasteiger partial charge < -0.3 is 14.7 Å². The predicted molar refractivity (Wildman–Crippen MR) is 96.9 cm³/mol. The molecular formula is C20H19F2NO4. The number of methoxy groups -OCH3 is 1. The molecule has 0 radical (unpaired) electrons. The molecule has 0 unspecified atom stereocenters.